The molecule has 0 aromatic heterocycles. The summed E-state index contributed by atoms with van der Waals surface area (Å²) in [6, 6.07) is 7.43. The van der Waals surface area contributed by atoms with Gasteiger partial charge in [0.1, 0.15) is 17.8 Å². The third kappa shape index (κ3) is 4.48. The van der Waals surface area contributed by atoms with Crippen molar-refractivity contribution in [2.24, 2.45) is 11.8 Å². The maximum absolute atomic E-state index is 13.7. The number of methoxy groups -OCH3 is 1. The zero-order valence-corrected chi connectivity index (χ0v) is 20.3. The topological polar surface area (TPSA) is 90.9 Å². The number of nitrogens with one attached hydrogen (secondary N) is 1. The molecule has 2 aliphatic carbocycles. The molecule has 1 aromatic rings. The number of Topliss-reactive ketones (excluding diaryl/α,β-unsaturated/α-hetero) is 1. The molecule has 3 atom stereocenters. The van der Waals surface area contributed by atoms with Crippen molar-refractivity contribution in [3.05, 3.63) is 52.4 Å². The third-order valence-electron chi connectivity index (χ3n) is 7.06. The van der Waals surface area contributed by atoms with Crippen LogP contribution in [0.25, 0.3) is 0 Å². The Morgan fingerprint density at radius 2 is 1.79 bits per heavy atom. The van der Waals surface area contributed by atoms with E-state index in [2.05, 4.69) is 5.32 Å². The van der Waals surface area contributed by atoms with Crippen LogP contribution < -0.4 is 10.1 Å². The predicted molar refractivity (Wildman–Crippen MR) is 126 cm³/mol. The number of rotatable bonds is 6. The monoisotopic (exact) mass is 467 g/mol. The summed E-state index contributed by atoms with van der Waals surface area (Å²) in [4.78, 5) is 39.7. The lowest BCUT2D eigenvalue weighted by molar-refractivity contribution is -0.151. The second kappa shape index (κ2) is 10.0. The van der Waals surface area contributed by atoms with E-state index in [4.69, 9.17) is 14.2 Å². The maximum atomic E-state index is 13.7. The zero-order chi connectivity index (χ0) is 24.4. The highest BCUT2D eigenvalue weighted by Crippen LogP contribution is 2.46. The van der Waals surface area contributed by atoms with E-state index in [1.54, 1.807) is 0 Å². The molecule has 1 N–H and O–H groups in total. The maximum Gasteiger partial charge on any atom is 0.337 e. The van der Waals surface area contributed by atoms with E-state index in [9.17, 15) is 14.4 Å². The van der Waals surface area contributed by atoms with Gasteiger partial charge in [-0.05, 0) is 69.6 Å². The molecule has 0 amide bonds. The molecule has 7 nitrogen and oxygen atoms in total. The molecule has 1 heterocycles. The van der Waals surface area contributed by atoms with Crippen LogP contribution in [-0.2, 0) is 23.9 Å². The number of carbonyl (C=O) groups excluding carboxylic acids is 3. The van der Waals surface area contributed by atoms with Gasteiger partial charge in [-0.15, -0.1) is 0 Å². The Morgan fingerprint density at radius 3 is 2.41 bits per heavy atom. The summed E-state index contributed by atoms with van der Waals surface area (Å²) >= 11 is 0. The number of dihydropyridines is 1. The van der Waals surface area contributed by atoms with Crippen LogP contribution in [0.15, 0.2) is 46.8 Å². The van der Waals surface area contributed by atoms with Gasteiger partial charge in [0.2, 0.25) is 0 Å². The van der Waals surface area contributed by atoms with Gasteiger partial charge in [0.15, 0.2) is 5.78 Å². The van der Waals surface area contributed by atoms with E-state index < -0.39 is 23.8 Å². The SMILES string of the molecule is CCOc1ccc([C@@H]2C(C(=O)OC3CCCC3)=C(C)NC3=C2C(=O)[C@H](C(=O)OC)[C@H](C)C3)cc1. The second-order valence-corrected chi connectivity index (χ2v) is 9.35. The Labute approximate surface area is 200 Å². The van der Waals surface area contributed by atoms with Gasteiger partial charge in [-0.3, -0.25) is 9.59 Å². The number of ether oxygens (including phenoxy) is 3. The molecule has 0 bridgehead atoms. The highest BCUT2D eigenvalue weighted by atomic mass is 16.5. The number of hydrogen-bond acceptors (Lipinski definition) is 7. The molecule has 0 radical (unpaired) electrons. The van der Waals surface area contributed by atoms with Crippen LogP contribution >= 0.6 is 0 Å². The molecule has 1 saturated carbocycles. The lowest BCUT2D eigenvalue weighted by Gasteiger charge is -2.38. The van der Waals surface area contributed by atoms with Gasteiger partial charge in [0.05, 0.1) is 19.3 Å². The summed E-state index contributed by atoms with van der Waals surface area (Å²) in [7, 11) is 1.30. The smallest absolute Gasteiger partial charge is 0.337 e. The van der Waals surface area contributed by atoms with Gasteiger partial charge >= 0.3 is 11.9 Å². The molecule has 1 fully saturated rings. The normalized spacial score (nSPS) is 25.1. The Bertz CT molecular complexity index is 1030. The summed E-state index contributed by atoms with van der Waals surface area (Å²) in [6.07, 6.45) is 4.21. The van der Waals surface area contributed by atoms with Crippen molar-refractivity contribution >= 4 is 17.7 Å². The third-order valence-corrected chi connectivity index (χ3v) is 7.06. The van der Waals surface area contributed by atoms with Gasteiger partial charge in [0, 0.05) is 22.9 Å². The van der Waals surface area contributed by atoms with Gasteiger partial charge in [-0.25, -0.2) is 4.79 Å². The van der Waals surface area contributed by atoms with Crippen LogP contribution in [0.3, 0.4) is 0 Å². The largest absolute Gasteiger partial charge is 0.494 e. The lowest BCUT2D eigenvalue weighted by atomic mass is 9.69. The Hall–Kier alpha value is -3.09. The van der Waals surface area contributed by atoms with Crippen molar-refractivity contribution in [2.45, 2.75) is 64.9 Å². The number of esters is 2. The summed E-state index contributed by atoms with van der Waals surface area (Å²) in [5.74, 6) is -2.30. The fraction of sp³-hybridized carbons (Fsp3) is 0.519. The van der Waals surface area contributed by atoms with E-state index in [1.165, 1.54) is 7.11 Å². The molecule has 34 heavy (non-hydrogen) atoms. The molecule has 0 saturated heterocycles. The van der Waals surface area contributed by atoms with E-state index in [0.29, 0.717) is 35.6 Å². The van der Waals surface area contributed by atoms with Crippen molar-refractivity contribution in [1.82, 2.24) is 5.32 Å². The second-order valence-electron chi connectivity index (χ2n) is 9.35. The number of carbonyl (C=O) groups is 3. The average Bonchev–Trinajstić information content (AvgIpc) is 3.31. The molecule has 4 rings (SSSR count). The van der Waals surface area contributed by atoms with Crippen molar-refractivity contribution in [3.63, 3.8) is 0 Å². The standard InChI is InChI=1S/C27H33NO6/c1-5-33-18-12-10-17(11-13-18)23-22(27(31)34-19-8-6-7-9-19)16(3)28-20-14-15(2)21(26(30)32-4)25(29)24(20)23/h10-13,15,19,21,23,28H,5-9,14H2,1-4H3/t15-,21-,23-/m1/s1. The molecule has 182 valence electrons. The lowest BCUT2D eigenvalue weighted by Crippen LogP contribution is -2.43. The minimum absolute atomic E-state index is 0.103. The first-order valence-electron chi connectivity index (χ1n) is 12.1. The number of allylic oxidation sites excluding steroid dienone is 3. The number of hydrogen-bond donors (Lipinski definition) is 1. The van der Waals surface area contributed by atoms with Crippen molar-refractivity contribution in [2.75, 3.05) is 13.7 Å². The van der Waals surface area contributed by atoms with E-state index in [-0.39, 0.29) is 17.8 Å². The van der Waals surface area contributed by atoms with E-state index in [1.807, 2.05) is 45.0 Å². The fourth-order valence-corrected chi connectivity index (χ4v) is 5.43. The summed E-state index contributed by atoms with van der Waals surface area (Å²) in [5.41, 5.74) is 3.08. The summed E-state index contributed by atoms with van der Waals surface area (Å²) in [6.45, 7) is 6.17. The van der Waals surface area contributed by atoms with Crippen LogP contribution in [0.5, 0.6) is 5.75 Å². The van der Waals surface area contributed by atoms with Crippen LogP contribution in [0, 0.1) is 11.8 Å². The first-order chi connectivity index (χ1) is 16.3. The van der Waals surface area contributed by atoms with Crippen LogP contribution in [0.4, 0.5) is 0 Å². The minimum Gasteiger partial charge on any atom is -0.494 e. The van der Waals surface area contributed by atoms with Crippen molar-refractivity contribution in [3.8, 4) is 5.75 Å². The summed E-state index contributed by atoms with van der Waals surface area (Å²) in [5, 5.41) is 3.30. The molecule has 1 aliphatic heterocycles. The first-order valence-corrected chi connectivity index (χ1v) is 12.1. The van der Waals surface area contributed by atoms with Crippen LogP contribution in [-0.4, -0.2) is 37.5 Å². The quantitative estimate of drug-likeness (QED) is 0.496. The molecular weight excluding hydrogens is 434 g/mol. The van der Waals surface area contributed by atoms with Gasteiger partial charge < -0.3 is 19.5 Å². The molecular formula is C27H33NO6. The summed E-state index contributed by atoms with van der Waals surface area (Å²) < 4.78 is 16.4. The average molecular weight is 468 g/mol. The molecule has 1 aromatic carbocycles. The van der Waals surface area contributed by atoms with E-state index >= 15 is 0 Å². The van der Waals surface area contributed by atoms with Crippen molar-refractivity contribution < 1.29 is 28.6 Å². The first kappa shape index (κ1) is 24.0. The Balaban J connectivity index is 1.78. The van der Waals surface area contributed by atoms with E-state index in [0.717, 1.165) is 36.9 Å². The van der Waals surface area contributed by atoms with Gasteiger partial charge in [-0.2, -0.15) is 0 Å². The molecule has 0 spiro atoms. The van der Waals surface area contributed by atoms with Gasteiger partial charge in [0.25, 0.3) is 0 Å². The minimum atomic E-state index is -0.902. The molecule has 3 aliphatic rings. The Morgan fingerprint density at radius 1 is 1.12 bits per heavy atom. The zero-order valence-electron chi connectivity index (χ0n) is 20.3. The highest BCUT2D eigenvalue weighted by molar-refractivity contribution is 6.12. The van der Waals surface area contributed by atoms with Gasteiger partial charge in [-0.1, -0.05) is 19.1 Å². The Kier molecular flexibility index (Phi) is 7.10. The number of ketones is 1. The fourth-order valence-electron chi connectivity index (χ4n) is 5.43. The van der Waals surface area contributed by atoms with Crippen LogP contribution in [0.1, 0.15) is 64.4 Å². The number of benzene rings is 1. The van der Waals surface area contributed by atoms with Crippen LogP contribution in [0.2, 0.25) is 0 Å². The predicted octanol–water partition coefficient (Wildman–Crippen LogP) is 4.18. The highest BCUT2D eigenvalue weighted by Gasteiger charge is 2.47. The molecule has 0 unspecified atom stereocenters. The molecule has 7 heteroatoms. The van der Waals surface area contributed by atoms with Crippen molar-refractivity contribution in [1.29, 1.82) is 0 Å².